The molecule has 2 saturated heterocycles. The normalized spacial score (nSPS) is 38.7. The van der Waals surface area contributed by atoms with E-state index in [1.807, 2.05) is 4.90 Å². The van der Waals surface area contributed by atoms with Gasteiger partial charge in [-0.25, -0.2) is 4.98 Å². The van der Waals surface area contributed by atoms with Crippen molar-refractivity contribution < 1.29 is 14.3 Å². The molecule has 2 bridgehead atoms. The van der Waals surface area contributed by atoms with Crippen molar-refractivity contribution in [1.29, 1.82) is 0 Å². The maximum atomic E-state index is 12.9. The third kappa shape index (κ3) is 1.98. The van der Waals surface area contributed by atoms with Crippen molar-refractivity contribution in [3.05, 3.63) is 28.2 Å². The van der Waals surface area contributed by atoms with Crippen molar-refractivity contribution in [1.82, 2.24) is 9.88 Å². The van der Waals surface area contributed by atoms with Crippen LogP contribution in [0.1, 0.15) is 34.3 Å². The monoisotopic (exact) mass is 332 g/mol. The standard InChI is InChI=1S/C17H20N2O3S/c1-17-9-19(8-12(17)10-2-3-11(17)6-10)15(20)13-7-18-14(23-13)16-21-4-5-22-16/h2-3,7,10-12,16H,4-6,8-9H2,1H3/t10-,11+,12?,17+/m1/s1. The number of amides is 1. The number of nitrogens with zero attached hydrogens (tertiary/aromatic N) is 2. The molecule has 1 saturated carbocycles. The van der Waals surface area contributed by atoms with Crippen LogP contribution in [0.2, 0.25) is 0 Å². The van der Waals surface area contributed by atoms with Crippen molar-refractivity contribution in [3.63, 3.8) is 0 Å². The van der Waals surface area contributed by atoms with Crippen molar-refractivity contribution in [3.8, 4) is 0 Å². The molecule has 5 rings (SSSR count). The predicted octanol–water partition coefficient (Wildman–Crippen LogP) is 2.47. The van der Waals surface area contributed by atoms with Crippen LogP contribution in [0.25, 0.3) is 0 Å². The highest BCUT2D eigenvalue weighted by molar-refractivity contribution is 7.13. The van der Waals surface area contributed by atoms with E-state index in [0.29, 0.717) is 35.8 Å². The molecule has 3 fully saturated rings. The van der Waals surface area contributed by atoms with Crippen molar-refractivity contribution in [2.24, 2.45) is 23.2 Å². The van der Waals surface area contributed by atoms with Crippen LogP contribution in [0, 0.1) is 23.2 Å². The molecule has 1 aromatic heterocycles. The first-order valence-corrected chi connectivity index (χ1v) is 9.13. The Bertz CT molecular complexity index is 681. The third-order valence-electron chi connectivity index (χ3n) is 6.12. The number of rotatable bonds is 2. The molecule has 3 heterocycles. The fourth-order valence-electron chi connectivity index (χ4n) is 4.88. The molecule has 6 heteroatoms. The molecule has 1 aromatic rings. The van der Waals surface area contributed by atoms with Crippen LogP contribution in [0.5, 0.6) is 0 Å². The summed E-state index contributed by atoms with van der Waals surface area (Å²) in [6.07, 6.45) is 7.30. The summed E-state index contributed by atoms with van der Waals surface area (Å²) >= 11 is 1.40. The number of carbonyl (C=O) groups excluding carboxylic acids is 1. The summed E-state index contributed by atoms with van der Waals surface area (Å²) in [5, 5.41) is 0.748. The Morgan fingerprint density at radius 2 is 2.22 bits per heavy atom. The lowest BCUT2D eigenvalue weighted by molar-refractivity contribution is -0.0442. The van der Waals surface area contributed by atoms with Gasteiger partial charge in [0.2, 0.25) is 6.29 Å². The van der Waals surface area contributed by atoms with Gasteiger partial charge in [-0.05, 0) is 29.6 Å². The van der Waals surface area contributed by atoms with Gasteiger partial charge in [-0.1, -0.05) is 19.1 Å². The van der Waals surface area contributed by atoms with Gasteiger partial charge in [-0.3, -0.25) is 4.79 Å². The number of ether oxygens (including phenoxy) is 2. The minimum atomic E-state index is -0.392. The van der Waals surface area contributed by atoms with Gasteiger partial charge in [0.25, 0.3) is 5.91 Å². The highest BCUT2D eigenvalue weighted by atomic mass is 32.1. The highest BCUT2D eigenvalue weighted by Crippen LogP contribution is 2.59. The Morgan fingerprint density at radius 1 is 1.39 bits per heavy atom. The third-order valence-corrected chi connectivity index (χ3v) is 7.13. The first kappa shape index (κ1) is 14.1. The highest BCUT2D eigenvalue weighted by Gasteiger charge is 2.58. The van der Waals surface area contributed by atoms with Gasteiger partial charge in [0, 0.05) is 13.1 Å². The molecule has 0 radical (unpaired) electrons. The van der Waals surface area contributed by atoms with Crippen molar-refractivity contribution in [2.45, 2.75) is 19.6 Å². The van der Waals surface area contributed by atoms with Gasteiger partial charge in [0.15, 0.2) is 0 Å². The molecule has 5 nitrogen and oxygen atoms in total. The molecule has 23 heavy (non-hydrogen) atoms. The van der Waals surface area contributed by atoms with Crippen molar-refractivity contribution in [2.75, 3.05) is 26.3 Å². The maximum Gasteiger partial charge on any atom is 0.265 e. The Kier molecular flexibility index (Phi) is 3.00. The molecular formula is C17H20N2O3S. The number of hydrogen-bond acceptors (Lipinski definition) is 5. The fraction of sp³-hybridized carbons (Fsp3) is 0.647. The maximum absolute atomic E-state index is 12.9. The summed E-state index contributed by atoms with van der Waals surface area (Å²) < 4.78 is 10.9. The molecule has 1 amide bonds. The second-order valence-corrected chi connectivity index (χ2v) is 8.39. The van der Waals surface area contributed by atoms with E-state index in [1.54, 1.807) is 6.20 Å². The molecule has 4 aliphatic rings. The van der Waals surface area contributed by atoms with Crippen LogP contribution in [0.4, 0.5) is 0 Å². The van der Waals surface area contributed by atoms with Crippen LogP contribution in [0.3, 0.4) is 0 Å². The Labute approximate surface area is 139 Å². The molecular weight excluding hydrogens is 312 g/mol. The van der Waals surface area contributed by atoms with E-state index in [-0.39, 0.29) is 11.3 Å². The number of fused-ring (bicyclic) bond motifs is 5. The summed E-state index contributed by atoms with van der Waals surface area (Å²) in [7, 11) is 0. The summed E-state index contributed by atoms with van der Waals surface area (Å²) in [5.41, 5.74) is 0.264. The number of carbonyl (C=O) groups is 1. The second-order valence-electron chi connectivity index (χ2n) is 7.33. The summed E-state index contributed by atoms with van der Waals surface area (Å²) in [6, 6.07) is 0. The van der Waals surface area contributed by atoms with Crippen LogP contribution >= 0.6 is 11.3 Å². The largest absolute Gasteiger partial charge is 0.344 e. The number of aromatic nitrogens is 1. The lowest BCUT2D eigenvalue weighted by Crippen LogP contribution is -2.33. The lowest BCUT2D eigenvalue weighted by Gasteiger charge is -2.31. The van der Waals surface area contributed by atoms with E-state index >= 15 is 0 Å². The average molecular weight is 332 g/mol. The van der Waals surface area contributed by atoms with Gasteiger partial charge >= 0.3 is 0 Å². The number of hydrogen-bond donors (Lipinski definition) is 0. The summed E-state index contributed by atoms with van der Waals surface area (Å²) in [6.45, 7) is 5.29. The van der Waals surface area contributed by atoms with E-state index < -0.39 is 6.29 Å². The van der Waals surface area contributed by atoms with Gasteiger partial charge in [-0.15, -0.1) is 11.3 Å². The van der Waals surface area contributed by atoms with Crippen LogP contribution in [-0.2, 0) is 9.47 Å². The number of allylic oxidation sites excluding steroid dienone is 2. The molecule has 0 spiro atoms. The van der Waals surface area contributed by atoms with Crippen LogP contribution in [-0.4, -0.2) is 42.1 Å². The topological polar surface area (TPSA) is 51.7 Å². The van der Waals surface area contributed by atoms with E-state index in [2.05, 4.69) is 24.1 Å². The first-order chi connectivity index (χ1) is 11.1. The molecule has 0 aromatic carbocycles. The van der Waals surface area contributed by atoms with Crippen LogP contribution in [0.15, 0.2) is 18.3 Å². The second kappa shape index (κ2) is 4.88. The van der Waals surface area contributed by atoms with E-state index in [9.17, 15) is 4.79 Å². The minimum Gasteiger partial charge on any atom is -0.344 e. The zero-order valence-corrected chi connectivity index (χ0v) is 13.9. The minimum absolute atomic E-state index is 0.113. The van der Waals surface area contributed by atoms with Gasteiger partial charge < -0.3 is 14.4 Å². The smallest absolute Gasteiger partial charge is 0.265 e. The summed E-state index contributed by atoms with van der Waals surface area (Å²) in [4.78, 5) is 19.9. The number of thiazole rings is 1. The molecule has 0 N–H and O–H groups in total. The molecule has 122 valence electrons. The van der Waals surface area contributed by atoms with Gasteiger partial charge in [-0.2, -0.15) is 0 Å². The van der Waals surface area contributed by atoms with Crippen LogP contribution < -0.4 is 0 Å². The predicted molar refractivity (Wildman–Crippen MR) is 85.0 cm³/mol. The SMILES string of the molecule is C[C@@]12CN(C(=O)c3cnc(C4OCCO4)s3)CC1[C@@H]1C=C[C@H]2C1. The van der Waals surface area contributed by atoms with E-state index in [0.717, 1.165) is 18.1 Å². The zero-order chi connectivity index (χ0) is 15.6. The quantitative estimate of drug-likeness (QED) is 0.781. The summed E-state index contributed by atoms with van der Waals surface area (Å²) in [5.74, 6) is 2.05. The van der Waals surface area contributed by atoms with Crippen molar-refractivity contribution >= 4 is 17.2 Å². The Balaban J connectivity index is 1.34. The fourth-order valence-corrected chi connectivity index (χ4v) is 5.76. The molecule has 1 unspecified atom stereocenters. The average Bonchev–Trinajstić information content (AvgIpc) is 3.29. The molecule has 4 atom stereocenters. The molecule has 2 aliphatic carbocycles. The Morgan fingerprint density at radius 3 is 3.00 bits per heavy atom. The van der Waals surface area contributed by atoms with Gasteiger partial charge in [0.05, 0.1) is 19.4 Å². The van der Waals surface area contributed by atoms with E-state index in [1.165, 1.54) is 17.8 Å². The first-order valence-electron chi connectivity index (χ1n) is 8.32. The Hall–Kier alpha value is -1.24. The van der Waals surface area contributed by atoms with Gasteiger partial charge in [0.1, 0.15) is 9.88 Å². The van der Waals surface area contributed by atoms with E-state index in [4.69, 9.17) is 9.47 Å². The number of likely N-dealkylation sites (tertiary alicyclic amines) is 1. The zero-order valence-electron chi connectivity index (χ0n) is 13.1. The molecule has 2 aliphatic heterocycles. The lowest BCUT2D eigenvalue weighted by atomic mass is 9.72.